The Morgan fingerprint density at radius 1 is 1.00 bits per heavy atom. The second-order valence-corrected chi connectivity index (χ2v) is 6.44. The highest BCUT2D eigenvalue weighted by molar-refractivity contribution is 5.95. The van der Waals surface area contributed by atoms with Crippen LogP contribution in [-0.2, 0) is 28.8 Å². The highest BCUT2D eigenvalue weighted by atomic mass is 16.4. The molecule has 1 saturated heterocycles. The molecule has 3 unspecified atom stereocenters. The highest BCUT2D eigenvalue weighted by Gasteiger charge is 2.39. The van der Waals surface area contributed by atoms with Gasteiger partial charge in [-0.2, -0.15) is 0 Å². The first-order valence-electron chi connectivity index (χ1n) is 8.83. The van der Waals surface area contributed by atoms with Crippen LogP contribution in [0.3, 0.4) is 0 Å². The zero-order chi connectivity index (χ0) is 22.1. The average molecular weight is 416 g/mol. The van der Waals surface area contributed by atoms with Gasteiger partial charge in [-0.15, -0.1) is 0 Å². The fourth-order valence-corrected chi connectivity index (χ4v) is 2.92. The molecule has 1 heterocycles. The first kappa shape index (κ1) is 23.8. The van der Waals surface area contributed by atoms with Crippen molar-refractivity contribution in [2.24, 2.45) is 5.73 Å². The molecule has 1 aliphatic rings. The summed E-state index contributed by atoms with van der Waals surface area (Å²) in [5.41, 5.74) is 5.16. The molecule has 162 valence electrons. The summed E-state index contributed by atoms with van der Waals surface area (Å²) < 4.78 is 0. The van der Waals surface area contributed by atoms with E-state index in [1.807, 2.05) is 0 Å². The number of hydrogen-bond acceptors (Lipinski definition) is 7. The van der Waals surface area contributed by atoms with Crippen LogP contribution in [0.2, 0.25) is 0 Å². The summed E-state index contributed by atoms with van der Waals surface area (Å²) in [5, 5.41) is 31.4. The van der Waals surface area contributed by atoms with Crippen molar-refractivity contribution < 1.29 is 44.1 Å². The largest absolute Gasteiger partial charge is 0.481 e. The topological polar surface area (TPSA) is 216 Å². The smallest absolute Gasteiger partial charge is 0.326 e. The van der Waals surface area contributed by atoms with Gasteiger partial charge in [0.05, 0.1) is 13.0 Å². The number of carboxylic acid groups (broad SMARTS) is 3. The van der Waals surface area contributed by atoms with Gasteiger partial charge in [0, 0.05) is 13.0 Å². The van der Waals surface area contributed by atoms with Crippen LogP contribution in [0.1, 0.15) is 32.1 Å². The molecule has 1 rings (SSSR count). The molecule has 0 bridgehead atoms. The lowest BCUT2D eigenvalue weighted by molar-refractivity contribution is -0.150. The quantitative estimate of drug-likeness (QED) is 0.205. The third-order valence-electron chi connectivity index (χ3n) is 4.30. The second kappa shape index (κ2) is 10.9. The fourth-order valence-electron chi connectivity index (χ4n) is 2.92. The molecule has 0 radical (unpaired) electrons. The Kier molecular flexibility index (Phi) is 8.99. The van der Waals surface area contributed by atoms with E-state index in [9.17, 15) is 33.9 Å². The Morgan fingerprint density at radius 3 is 2.17 bits per heavy atom. The molecule has 7 N–H and O–H groups in total. The van der Waals surface area contributed by atoms with Crippen molar-refractivity contribution in [1.29, 1.82) is 0 Å². The van der Waals surface area contributed by atoms with E-state index in [2.05, 4.69) is 10.6 Å². The zero-order valence-corrected chi connectivity index (χ0v) is 15.5. The molecule has 3 atom stereocenters. The SMILES string of the molecule is NCC(=O)NC(CCC(=O)O)C(=O)NC(CC(=O)O)C(=O)N1CCCC1C(=O)O. The Hall–Kier alpha value is -3.22. The third-order valence-corrected chi connectivity index (χ3v) is 4.30. The first-order valence-corrected chi connectivity index (χ1v) is 8.83. The summed E-state index contributed by atoms with van der Waals surface area (Å²) in [5.74, 6) is -6.49. The van der Waals surface area contributed by atoms with Crippen molar-refractivity contribution in [3.05, 3.63) is 0 Å². The molecule has 3 amide bonds. The monoisotopic (exact) mass is 416 g/mol. The Balaban J connectivity index is 2.97. The van der Waals surface area contributed by atoms with Crippen LogP contribution in [0.4, 0.5) is 0 Å². The third kappa shape index (κ3) is 7.37. The second-order valence-electron chi connectivity index (χ2n) is 6.44. The minimum Gasteiger partial charge on any atom is -0.481 e. The van der Waals surface area contributed by atoms with Gasteiger partial charge in [0.2, 0.25) is 17.7 Å². The van der Waals surface area contributed by atoms with Crippen molar-refractivity contribution in [1.82, 2.24) is 15.5 Å². The summed E-state index contributed by atoms with van der Waals surface area (Å²) in [6, 6.07) is -4.07. The van der Waals surface area contributed by atoms with Gasteiger partial charge in [-0.05, 0) is 19.3 Å². The van der Waals surface area contributed by atoms with Gasteiger partial charge in [0.15, 0.2) is 0 Å². The van der Waals surface area contributed by atoms with E-state index < -0.39 is 73.1 Å². The lowest BCUT2D eigenvalue weighted by Gasteiger charge is -2.28. The Labute approximate surface area is 165 Å². The molecular formula is C16H24N4O9. The lowest BCUT2D eigenvalue weighted by Crippen LogP contribution is -2.56. The van der Waals surface area contributed by atoms with Crippen LogP contribution in [0.5, 0.6) is 0 Å². The summed E-state index contributed by atoms with van der Waals surface area (Å²) in [4.78, 5) is 70.8. The van der Waals surface area contributed by atoms with E-state index in [1.165, 1.54) is 0 Å². The van der Waals surface area contributed by atoms with E-state index in [0.29, 0.717) is 6.42 Å². The Bertz CT molecular complexity index is 681. The van der Waals surface area contributed by atoms with Crippen molar-refractivity contribution in [2.45, 2.75) is 50.2 Å². The molecule has 1 fully saturated rings. The van der Waals surface area contributed by atoms with Gasteiger partial charge in [0.25, 0.3) is 0 Å². The maximum Gasteiger partial charge on any atom is 0.326 e. The number of hydrogen-bond donors (Lipinski definition) is 6. The minimum absolute atomic E-state index is 0.0914. The van der Waals surface area contributed by atoms with Crippen molar-refractivity contribution in [3.63, 3.8) is 0 Å². The van der Waals surface area contributed by atoms with Gasteiger partial charge in [-0.3, -0.25) is 24.0 Å². The number of nitrogens with one attached hydrogen (secondary N) is 2. The molecule has 0 aliphatic carbocycles. The Morgan fingerprint density at radius 2 is 1.66 bits per heavy atom. The highest BCUT2D eigenvalue weighted by Crippen LogP contribution is 2.19. The number of nitrogens with zero attached hydrogens (tertiary/aromatic N) is 1. The van der Waals surface area contributed by atoms with Crippen LogP contribution in [0.25, 0.3) is 0 Å². The predicted octanol–water partition coefficient (Wildman–Crippen LogP) is -2.67. The van der Waals surface area contributed by atoms with E-state index in [0.717, 1.165) is 4.90 Å². The predicted molar refractivity (Wildman–Crippen MR) is 94.4 cm³/mol. The number of likely N-dealkylation sites (tertiary alicyclic amines) is 1. The first-order chi connectivity index (χ1) is 13.6. The van der Waals surface area contributed by atoms with Crippen LogP contribution in [-0.4, -0.2) is 87.1 Å². The zero-order valence-electron chi connectivity index (χ0n) is 15.5. The van der Waals surface area contributed by atoms with Crippen LogP contribution < -0.4 is 16.4 Å². The molecule has 0 aromatic heterocycles. The van der Waals surface area contributed by atoms with Gasteiger partial charge in [-0.1, -0.05) is 0 Å². The molecule has 13 nitrogen and oxygen atoms in total. The van der Waals surface area contributed by atoms with E-state index in [1.54, 1.807) is 0 Å². The van der Waals surface area contributed by atoms with E-state index in [-0.39, 0.29) is 19.4 Å². The number of nitrogens with two attached hydrogens (primary N) is 1. The average Bonchev–Trinajstić information content (AvgIpc) is 3.13. The maximum absolute atomic E-state index is 12.7. The summed E-state index contributed by atoms with van der Waals surface area (Å²) in [6.07, 6.45) is -1.01. The van der Waals surface area contributed by atoms with Gasteiger partial charge < -0.3 is 36.6 Å². The number of amides is 3. The molecule has 0 aromatic rings. The van der Waals surface area contributed by atoms with Crippen LogP contribution >= 0.6 is 0 Å². The molecular weight excluding hydrogens is 392 g/mol. The lowest BCUT2D eigenvalue weighted by atomic mass is 10.1. The molecule has 0 aromatic carbocycles. The minimum atomic E-state index is -1.58. The van der Waals surface area contributed by atoms with E-state index in [4.69, 9.17) is 15.9 Å². The number of aliphatic carboxylic acids is 3. The molecule has 29 heavy (non-hydrogen) atoms. The van der Waals surface area contributed by atoms with E-state index >= 15 is 0 Å². The summed E-state index contributed by atoms with van der Waals surface area (Å²) >= 11 is 0. The van der Waals surface area contributed by atoms with Crippen LogP contribution in [0.15, 0.2) is 0 Å². The molecule has 1 aliphatic heterocycles. The normalized spacial score (nSPS) is 17.8. The van der Waals surface area contributed by atoms with Crippen molar-refractivity contribution >= 4 is 35.6 Å². The number of carbonyl (C=O) groups is 6. The van der Waals surface area contributed by atoms with Crippen molar-refractivity contribution in [2.75, 3.05) is 13.1 Å². The maximum atomic E-state index is 12.7. The standard InChI is InChI=1S/C16H24N4O9/c17-7-11(21)18-8(3-4-12(22)23)14(26)19-9(6-13(24)25)15(27)20-5-1-2-10(20)16(28)29/h8-10H,1-7,17H2,(H,18,21)(H,19,26)(H,22,23)(H,24,25)(H,28,29). The number of carbonyl (C=O) groups excluding carboxylic acids is 3. The number of carboxylic acids is 3. The van der Waals surface area contributed by atoms with Crippen molar-refractivity contribution in [3.8, 4) is 0 Å². The number of rotatable bonds is 11. The van der Waals surface area contributed by atoms with Gasteiger partial charge in [-0.25, -0.2) is 4.79 Å². The van der Waals surface area contributed by atoms with Gasteiger partial charge >= 0.3 is 17.9 Å². The summed E-state index contributed by atoms with van der Waals surface area (Å²) in [6.45, 7) is -0.378. The van der Waals surface area contributed by atoms with Gasteiger partial charge in [0.1, 0.15) is 18.1 Å². The van der Waals surface area contributed by atoms with Crippen LogP contribution in [0, 0.1) is 0 Å². The molecule has 0 spiro atoms. The molecule has 0 saturated carbocycles. The summed E-state index contributed by atoms with van der Waals surface area (Å²) in [7, 11) is 0. The molecule has 13 heteroatoms. The fraction of sp³-hybridized carbons (Fsp3) is 0.625.